The molecule has 4 amide bonds. The molecule has 0 saturated carbocycles. The lowest BCUT2D eigenvalue weighted by atomic mass is 9.98. The molecule has 1 aromatic carbocycles. The summed E-state index contributed by atoms with van der Waals surface area (Å²) < 4.78 is 20.9. The van der Waals surface area contributed by atoms with Crippen molar-refractivity contribution in [1.29, 1.82) is 0 Å². The number of aliphatic hydroxyl groups is 1. The van der Waals surface area contributed by atoms with E-state index in [0.717, 1.165) is 16.7 Å². The van der Waals surface area contributed by atoms with Gasteiger partial charge in [0, 0.05) is 25.0 Å². The van der Waals surface area contributed by atoms with Crippen molar-refractivity contribution >= 4 is 47.5 Å². The van der Waals surface area contributed by atoms with Crippen LogP contribution in [0.15, 0.2) is 35.2 Å². The van der Waals surface area contributed by atoms with Gasteiger partial charge in [-0.05, 0) is 29.0 Å². The number of hydrogen-bond acceptors (Lipinski definition) is 12. The van der Waals surface area contributed by atoms with Gasteiger partial charge in [-0.2, -0.15) is 0 Å². The molecule has 43 heavy (non-hydrogen) atoms. The van der Waals surface area contributed by atoms with Crippen LogP contribution in [0.2, 0.25) is 0 Å². The number of β-lactam (4-membered cyclic amide) rings is 1. The summed E-state index contributed by atoms with van der Waals surface area (Å²) in [7, 11) is 1.53. The van der Waals surface area contributed by atoms with Gasteiger partial charge in [-0.1, -0.05) is 25.5 Å². The van der Waals surface area contributed by atoms with Crippen molar-refractivity contribution in [3.63, 3.8) is 0 Å². The fourth-order valence-corrected chi connectivity index (χ4v) is 5.84. The zero-order chi connectivity index (χ0) is 31.1. The number of hydrogen-bond donors (Lipinski definition) is 2. The lowest BCUT2D eigenvalue weighted by Crippen LogP contribution is -2.74. The van der Waals surface area contributed by atoms with Crippen molar-refractivity contribution < 1.29 is 52.8 Å². The monoisotopic (exact) mass is 619 g/mol. The normalized spacial score (nSPS) is 21.8. The van der Waals surface area contributed by atoms with E-state index in [9.17, 15) is 33.9 Å². The maximum Gasteiger partial charge on any atom is 0.408 e. The molecule has 0 aromatic heterocycles. The number of thioether (sulfide) groups is 1. The largest absolute Gasteiger partial charge is 0.497 e. The van der Waals surface area contributed by atoms with Gasteiger partial charge in [0.1, 0.15) is 30.4 Å². The summed E-state index contributed by atoms with van der Waals surface area (Å²) >= 11 is 1.13. The Morgan fingerprint density at radius 2 is 1.74 bits per heavy atom. The summed E-state index contributed by atoms with van der Waals surface area (Å²) in [6.45, 7) is 0.631. The minimum atomic E-state index is -1.33. The predicted molar refractivity (Wildman–Crippen MR) is 149 cm³/mol. The molecule has 2 N–H and O–H groups in total. The van der Waals surface area contributed by atoms with Gasteiger partial charge in [0.25, 0.3) is 0 Å². The third-order valence-electron chi connectivity index (χ3n) is 7.28. The Morgan fingerprint density at radius 1 is 1.05 bits per heavy atom. The number of likely N-dealkylation sites (tertiary alicyclic amines) is 1. The van der Waals surface area contributed by atoms with Crippen LogP contribution in [0.1, 0.15) is 38.2 Å². The first-order chi connectivity index (χ1) is 20.7. The Labute approximate surface area is 251 Å². The van der Waals surface area contributed by atoms with Crippen molar-refractivity contribution in [2.24, 2.45) is 5.92 Å². The van der Waals surface area contributed by atoms with E-state index in [4.69, 9.17) is 18.9 Å². The number of alkyl carbamates (subject to hydrolysis) is 1. The summed E-state index contributed by atoms with van der Waals surface area (Å²) in [6, 6.07) is 4.54. The molecule has 3 aliphatic heterocycles. The maximum absolute atomic E-state index is 13.3. The summed E-state index contributed by atoms with van der Waals surface area (Å²) in [5, 5.41) is 12.7. The van der Waals surface area contributed by atoms with E-state index in [1.54, 1.807) is 29.7 Å². The van der Waals surface area contributed by atoms with Gasteiger partial charge in [0.15, 0.2) is 12.8 Å². The highest BCUT2D eigenvalue weighted by Gasteiger charge is 2.56. The van der Waals surface area contributed by atoms with Crippen LogP contribution in [-0.4, -0.2) is 95.2 Å². The standard InChI is InChI=1S/C28H33N3O11S/c1-3-16(11-32)10-22(35)40-13-18-14-43-26-23(29-28(38)41-12-17-4-6-19(39-2)7-5-17)25(36)31(26)24(18)27(37)42-15-30-20(33)8-9-21(30)34/h4-7,14,16,23-24,26,32H,3,8-13,15H2,1-2H3,(H,29,38)/t16?,23?,24?,26-/m0/s1. The second kappa shape index (κ2) is 14.4. The number of esters is 2. The van der Waals surface area contributed by atoms with Crippen LogP contribution in [-0.2, 0) is 44.8 Å². The van der Waals surface area contributed by atoms with E-state index in [1.807, 2.05) is 6.92 Å². The van der Waals surface area contributed by atoms with E-state index in [0.29, 0.717) is 17.7 Å². The first kappa shape index (κ1) is 31.8. The number of amides is 4. The van der Waals surface area contributed by atoms with E-state index in [2.05, 4.69) is 5.32 Å². The molecule has 0 aliphatic carbocycles. The minimum Gasteiger partial charge on any atom is -0.497 e. The number of carbonyl (C=O) groups is 6. The van der Waals surface area contributed by atoms with Crippen LogP contribution in [0.3, 0.4) is 0 Å². The average Bonchev–Trinajstić information content (AvgIpc) is 3.34. The van der Waals surface area contributed by atoms with Crippen molar-refractivity contribution in [2.45, 2.75) is 56.7 Å². The number of methoxy groups -OCH3 is 1. The summed E-state index contributed by atoms with van der Waals surface area (Å²) in [5.41, 5.74) is 0.943. The number of ether oxygens (including phenoxy) is 4. The lowest BCUT2D eigenvalue weighted by Gasteiger charge is -2.51. The summed E-state index contributed by atoms with van der Waals surface area (Å²) in [5.74, 6) is -2.72. The van der Waals surface area contributed by atoms with Gasteiger partial charge >= 0.3 is 18.0 Å². The van der Waals surface area contributed by atoms with Crippen LogP contribution in [0.4, 0.5) is 4.79 Å². The molecule has 232 valence electrons. The third kappa shape index (κ3) is 7.46. The molecule has 15 heteroatoms. The number of benzene rings is 1. The molecular weight excluding hydrogens is 586 g/mol. The highest BCUT2D eigenvalue weighted by Crippen LogP contribution is 2.40. The second-order valence-corrected chi connectivity index (χ2v) is 11.0. The van der Waals surface area contributed by atoms with Gasteiger partial charge in [0.2, 0.25) is 17.7 Å². The molecule has 0 spiro atoms. The Hall–Kier alpha value is -4.11. The fourth-order valence-electron chi connectivity index (χ4n) is 4.63. The maximum atomic E-state index is 13.3. The zero-order valence-corrected chi connectivity index (χ0v) is 24.5. The SMILES string of the molecule is CCC(CO)CC(=O)OCC1=CS[C@H]2C(NC(=O)OCc3ccc(OC)cc3)C(=O)N2C1C(=O)OCN1C(=O)CCC1=O. The van der Waals surface area contributed by atoms with E-state index in [1.165, 1.54) is 12.0 Å². The van der Waals surface area contributed by atoms with Crippen LogP contribution >= 0.6 is 11.8 Å². The first-order valence-corrected chi connectivity index (χ1v) is 14.6. The topological polar surface area (TPSA) is 178 Å². The Morgan fingerprint density at radius 3 is 2.37 bits per heavy atom. The molecule has 3 unspecified atom stereocenters. The van der Waals surface area contributed by atoms with Crippen LogP contribution < -0.4 is 10.1 Å². The summed E-state index contributed by atoms with van der Waals surface area (Å²) in [4.78, 5) is 77.2. The van der Waals surface area contributed by atoms with Gasteiger partial charge in [0.05, 0.1) is 13.5 Å². The van der Waals surface area contributed by atoms with Crippen LogP contribution in [0.5, 0.6) is 5.75 Å². The molecule has 2 saturated heterocycles. The van der Waals surface area contributed by atoms with E-state index >= 15 is 0 Å². The van der Waals surface area contributed by atoms with E-state index in [-0.39, 0.29) is 50.6 Å². The Balaban J connectivity index is 1.41. The molecular formula is C28H33N3O11S. The van der Waals surface area contributed by atoms with Gasteiger partial charge in [-0.15, -0.1) is 11.8 Å². The van der Waals surface area contributed by atoms with Crippen molar-refractivity contribution in [3.8, 4) is 5.75 Å². The summed E-state index contributed by atoms with van der Waals surface area (Å²) in [6.07, 6.45) is -0.277. The highest BCUT2D eigenvalue weighted by molar-refractivity contribution is 8.03. The average molecular weight is 620 g/mol. The molecule has 0 radical (unpaired) electrons. The van der Waals surface area contributed by atoms with Gasteiger partial charge < -0.3 is 34.3 Å². The molecule has 0 bridgehead atoms. The third-order valence-corrected chi connectivity index (χ3v) is 8.49. The quantitative estimate of drug-likeness (QED) is 0.139. The van der Waals surface area contributed by atoms with Crippen LogP contribution in [0.25, 0.3) is 0 Å². The molecule has 3 heterocycles. The number of rotatable bonds is 13. The fraction of sp³-hybridized carbons (Fsp3) is 0.500. The smallest absolute Gasteiger partial charge is 0.408 e. The molecule has 2 fully saturated rings. The zero-order valence-electron chi connectivity index (χ0n) is 23.7. The molecule has 4 rings (SSSR count). The molecule has 3 aliphatic rings. The van der Waals surface area contributed by atoms with Gasteiger partial charge in [-0.25, -0.2) is 14.5 Å². The second-order valence-electron chi connectivity index (χ2n) is 10.0. The van der Waals surface area contributed by atoms with Crippen molar-refractivity contribution in [2.75, 3.05) is 27.1 Å². The number of imide groups is 1. The highest BCUT2D eigenvalue weighted by atomic mass is 32.2. The number of fused-ring (bicyclic) bond motifs is 1. The molecule has 4 atom stereocenters. The number of nitrogens with zero attached hydrogens (tertiary/aromatic N) is 2. The Bertz CT molecular complexity index is 1270. The predicted octanol–water partition coefficient (Wildman–Crippen LogP) is 1.06. The Kier molecular flexibility index (Phi) is 10.6. The number of aliphatic hydroxyl groups excluding tert-OH is 1. The van der Waals surface area contributed by atoms with Crippen molar-refractivity contribution in [3.05, 3.63) is 40.8 Å². The lowest BCUT2D eigenvalue weighted by molar-refractivity contribution is -0.168. The first-order valence-electron chi connectivity index (χ1n) is 13.7. The number of carbonyl (C=O) groups excluding carboxylic acids is 6. The van der Waals surface area contributed by atoms with Gasteiger partial charge in [-0.3, -0.25) is 19.2 Å². The van der Waals surface area contributed by atoms with E-state index < -0.39 is 59.9 Å². The number of nitrogens with one attached hydrogen (secondary N) is 1. The molecule has 1 aromatic rings. The minimum absolute atomic E-state index is 0.0126. The van der Waals surface area contributed by atoms with Crippen molar-refractivity contribution in [1.82, 2.24) is 15.1 Å². The van der Waals surface area contributed by atoms with Crippen LogP contribution in [0, 0.1) is 5.92 Å². The molecule has 14 nitrogen and oxygen atoms in total.